The number of rotatable bonds is 7. The Hall–Kier alpha value is -3.18. The minimum Gasteiger partial charge on any atom is -0.488 e. The van der Waals surface area contributed by atoms with E-state index in [2.05, 4.69) is 29.7 Å². The van der Waals surface area contributed by atoms with Crippen molar-refractivity contribution < 1.29 is 9.53 Å². The van der Waals surface area contributed by atoms with Crippen molar-refractivity contribution in [2.45, 2.75) is 25.4 Å². The standard InChI is InChI=1S/C25H24N2O2S/c1-2-18-12-14-21(15-13-18)26-25-27-24(28)23(30-25)16-20-10-6-7-11-22(20)29-17-19-8-4-3-5-9-19/h3-16,25-26H,2,17H2,1H3,(H,27,28)/b23-16-/t25-/m0/s1. The molecule has 0 aliphatic carbocycles. The first kappa shape index (κ1) is 20.1. The smallest absolute Gasteiger partial charge is 0.260 e. The second-order valence-electron chi connectivity index (χ2n) is 6.99. The van der Waals surface area contributed by atoms with Crippen LogP contribution in [0.1, 0.15) is 23.6 Å². The molecule has 1 heterocycles. The largest absolute Gasteiger partial charge is 0.488 e. The zero-order valence-corrected chi connectivity index (χ0v) is 17.6. The fourth-order valence-corrected chi connectivity index (χ4v) is 4.14. The summed E-state index contributed by atoms with van der Waals surface area (Å²) in [5.74, 6) is 0.675. The van der Waals surface area contributed by atoms with E-state index in [0.29, 0.717) is 11.5 Å². The molecule has 0 radical (unpaired) electrons. The number of para-hydroxylation sites is 1. The van der Waals surface area contributed by atoms with Crippen LogP contribution >= 0.6 is 11.8 Å². The molecule has 4 rings (SSSR count). The molecule has 1 aliphatic rings. The summed E-state index contributed by atoms with van der Waals surface area (Å²) in [4.78, 5) is 13.1. The van der Waals surface area contributed by atoms with Crippen molar-refractivity contribution in [1.82, 2.24) is 5.32 Å². The molecule has 4 nitrogen and oxygen atoms in total. The summed E-state index contributed by atoms with van der Waals surface area (Å²) < 4.78 is 6.01. The van der Waals surface area contributed by atoms with E-state index < -0.39 is 0 Å². The normalized spacial score (nSPS) is 17.0. The highest BCUT2D eigenvalue weighted by Gasteiger charge is 2.27. The maximum Gasteiger partial charge on any atom is 0.260 e. The summed E-state index contributed by atoms with van der Waals surface area (Å²) in [6, 6.07) is 26.1. The fourth-order valence-electron chi connectivity index (χ4n) is 3.16. The molecule has 1 saturated heterocycles. The number of anilines is 1. The van der Waals surface area contributed by atoms with Gasteiger partial charge in [0.15, 0.2) is 5.50 Å². The van der Waals surface area contributed by atoms with E-state index in [1.807, 2.05) is 72.8 Å². The van der Waals surface area contributed by atoms with Gasteiger partial charge in [0.1, 0.15) is 12.4 Å². The van der Waals surface area contributed by atoms with Gasteiger partial charge in [0.25, 0.3) is 5.91 Å². The van der Waals surface area contributed by atoms with Gasteiger partial charge in [0.2, 0.25) is 0 Å². The Kier molecular flexibility index (Phi) is 6.40. The van der Waals surface area contributed by atoms with Crippen LogP contribution in [0.15, 0.2) is 83.8 Å². The Morgan fingerprint density at radius 1 is 0.967 bits per heavy atom. The highest BCUT2D eigenvalue weighted by atomic mass is 32.2. The zero-order valence-electron chi connectivity index (χ0n) is 16.8. The molecule has 3 aromatic rings. The van der Waals surface area contributed by atoms with Crippen molar-refractivity contribution in [1.29, 1.82) is 0 Å². The van der Waals surface area contributed by atoms with Gasteiger partial charge >= 0.3 is 0 Å². The van der Waals surface area contributed by atoms with Crippen LogP contribution < -0.4 is 15.4 Å². The monoisotopic (exact) mass is 416 g/mol. The Morgan fingerprint density at radius 2 is 1.70 bits per heavy atom. The van der Waals surface area contributed by atoms with Crippen LogP contribution in [0.3, 0.4) is 0 Å². The predicted molar refractivity (Wildman–Crippen MR) is 124 cm³/mol. The summed E-state index contributed by atoms with van der Waals surface area (Å²) in [5, 5.41) is 6.34. The number of ether oxygens (including phenoxy) is 1. The van der Waals surface area contributed by atoms with Gasteiger partial charge in [0.05, 0.1) is 4.91 Å². The highest BCUT2D eigenvalue weighted by Crippen LogP contribution is 2.32. The van der Waals surface area contributed by atoms with Crippen molar-refractivity contribution >= 4 is 29.4 Å². The number of hydrogen-bond donors (Lipinski definition) is 2. The fraction of sp³-hybridized carbons (Fsp3) is 0.160. The number of aryl methyl sites for hydroxylation is 1. The van der Waals surface area contributed by atoms with Crippen molar-refractivity contribution in [3.05, 3.63) is 100 Å². The summed E-state index contributed by atoms with van der Waals surface area (Å²) >= 11 is 1.48. The van der Waals surface area contributed by atoms with Gasteiger partial charge in [-0.1, -0.05) is 79.3 Å². The molecule has 3 aromatic carbocycles. The van der Waals surface area contributed by atoms with Crippen LogP contribution in [-0.2, 0) is 17.8 Å². The van der Waals surface area contributed by atoms with Crippen molar-refractivity contribution in [3.63, 3.8) is 0 Å². The van der Waals surface area contributed by atoms with Gasteiger partial charge in [-0.3, -0.25) is 4.79 Å². The molecule has 2 N–H and O–H groups in total. The first-order valence-corrected chi connectivity index (χ1v) is 10.9. The Bertz CT molecular complexity index is 1030. The van der Waals surface area contributed by atoms with Crippen molar-refractivity contribution in [3.8, 4) is 5.75 Å². The first-order chi connectivity index (χ1) is 14.7. The number of hydrogen-bond acceptors (Lipinski definition) is 4. The molecule has 1 amide bonds. The lowest BCUT2D eigenvalue weighted by Crippen LogP contribution is -2.30. The second kappa shape index (κ2) is 9.55. The van der Waals surface area contributed by atoms with E-state index >= 15 is 0 Å². The van der Waals surface area contributed by atoms with Gasteiger partial charge in [0, 0.05) is 11.3 Å². The van der Waals surface area contributed by atoms with Crippen LogP contribution in [0.4, 0.5) is 5.69 Å². The number of thioether (sulfide) groups is 1. The molecule has 5 heteroatoms. The Morgan fingerprint density at radius 3 is 2.47 bits per heavy atom. The van der Waals surface area contributed by atoms with Crippen LogP contribution in [0.25, 0.3) is 6.08 Å². The van der Waals surface area contributed by atoms with Gasteiger partial charge < -0.3 is 15.4 Å². The van der Waals surface area contributed by atoms with Crippen molar-refractivity contribution in [2.75, 3.05) is 5.32 Å². The molecule has 0 spiro atoms. The van der Waals surface area contributed by atoms with Crippen LogP contribution in [0.2, 0.25) is 0 Å². The van der Waals surface area contributed by atoms with Gasteiger partial charge in [-0.2, -0.15) is 0 Å². The quantitative estimate of drug-likeness (QED) is 0.505. The van der Waals surface area contributed by atoms with E-state index in [4.69, 9.17) is 4.74 Å². The average Bonchev–Trinajstić information content (AvgIpc) is 3.13. The molecule has 152 valence electrons. The van der Waals surface area contributed by atoms with E-state index in [9.17, 15) is 4.79 Å². The third kappa shape index (κ3) is 5.05. The molecular weight excluding hydrogens is 392 g/mol. The first-order valence-electron chi connectivity index (χ1n) is 10.0. The molecular formula is C25H24N2O2S. The lowest BCUT2D eigenvalue weighted by molar-refractivity contribution is -0.116. The number of carbonyl (C=O) groups excluding carboxylic acids is 1. The number of carbonyl (C=O) groups is 1. The van der Waals surface area contributed by atoms with Gasteiger partial charge in [-0.25, -0.2) is 0 Å². The molecule has 0 bridgehead atoms. The summed E-state index contributed by atoms with van der Waals surface area (Å²) in [7, 11) is 0. The third-order valence-corrected chi connectivity index (χ3v) is 5.86. The summed E-state index contributed by atoms with van der Waals surface area (Å²) in [6.07, 6.45) is 2.90. The maximum atomic E-state index is 12.5. The highest BCUT2D eigenvalue weighted by molar-refractivity contribution is 8.05. The van der Waals surface area contributed by atoms with Gasteiger partial charge in [-0.15, -0.1) is 0 Å². The molecule has 0 saturated carbocycles. The maximum absolute atomic E-state index is 12.5. The zero-order chi connectivity index (χ0) is 20.8. The Balaban J connectivity index is 1.44. The number of benzene rings is 3. The molecule has 30 heavy (non-hydrogen) atoms. The molecule has 0 aromatic heterocycles. The van der Waals surface area contributed by atoms with E-state index in [1.165, 1.54) is 17.3 Å². The predicted octanol–water partition coefficient (Wildman–Crippen LogP) is 5.43. The second-order valence-corrected chi connectivity index (χ2v) is 8.13. The Labute approximate surface area is 181 Å². The lowest BCUT2D eigenvalue weighted by atomic mass is 10.1. The molecule has 1 fully saturated rings. The third-order valence-electron chi connectivity index (χ3n) is 4.83. The van der Waals surface area contributed by atoms with Crippen LogP contribution in [0, 0.1) is 0 Å². The van der Waals surface area contributed by atoms with E-state index in [1.54, 1.807) is 0 Å². The SMILES string of the molecule is CCc1ccc(N[C@H]2NC(=O)/C(=C/c3ccccc3OCc3ccccc3)S2)cc1. The van der Waals surface area contributed by atoms with E-state index in [0.717, 1.165) is 29.0 Å². The minimum absolute atomic E-state index is 0.0828. The molecule has 1 atom stereocenters. The molecule has 1 aliphatic heterocycles. The number of nitrogens with one attached hydrogen (secondary N) is 2. The minimum atomic E-state index is -0.200. The van der Waals surface area contributed by atoms with Crippen LogP contribution in [0.5, 0.6) is 5.75 Å². The summed E-state index contributed by atoms with van der Waals surface area (Å²) in [6.45, 7) is 2.62. The van der Waals surface area contributed by atoms with Crippen molar-refractivity contribution in [2.24, 2.45) is 0 Å². The number of amides is 1. The average molecular weight is 417 g/mol. The topological polar surface area (TPSA) is 50.4 Å². The summed E-state index contributed by atoms with van der Waals surface area (Å²) in [5.41, 5.74) is 4.06. The lowest BCUT2D eigenvalue weighted by Gasteiger charge is -2.13. The van der Waals surface area contributed by atoms with Crippen LogP contribution in [-0.4, -0.2) is 11.4 Å². The van der Waals surface area contributed by atoms with Gasteiger partial charge in [-0.05, 0) is 41.8 Å². The van der Waals surface area contributed by atoms with E-state index in [-0.39, 0.29) is 11.4 Å². The molecule has 0 unspecified atom stereocenters.